The van der Waals surface area contributed by atoms with Gasteiger partial charge in [-0.25, -0.2) is 0 Å². The summed E-state index contributed by atoms with van der Waals surface area (Å²) in [4.78, 5) is 2.68. The van der Waals surface area contributed by atoms with E-state index in [0.29, 0.717) is 0 Å². The summed E-state index contributed by atoms with van der Waals surface area (Å²) in [5, 5.41) is 0. The molecule has 1 rings (SSSR count). The Morgan fingerprint density at radius 2 is 2.00 bits per heavy atom. The average molecular weight is 240 g/mol. The average Bonchev–Trinajstić information content (AvgIpc) is 2.35. The minimum atomic E-state index is 0.244. The van der Waals surface area contributed by atoms with Crippen LogP contribution >= 0.6 is 0 Å². The summed E-state index contributed by atoms with van der Waals surface area (Å²) in [7, 11) is 0. The molecule has 0 saturated carbocycles. The van der Waals surface area contributed by atoms with Gasteiger partial charge in [-0.1, -0.05) is 39.0 Å². The van der Waals surface area contributed by atoms with Crippen molar-refractivity contribution in [1.29, 1.82) is 0 Å². The molecule has 0 aromatic carbocycles. The van der Waals surface area contributed by atoms with Crippen LogP contribution in [0.5, 0.6) is 0 Å². The Morgan fingerprint density at radius 1 is 1.24 bits per heavy atom. The van der Waals surface area contributed by atoms with E-state index in [4.69, 9.17) is 5.73 Å². The van der Waals surface area contributed by atoms with E-state index < -0.39 is 0 Å². The number of unbranched alkanes of at least 4 members (excludes halogenated alkanes) is 3. The normalized spacial score (nSPS) is 25.8. The van der Waals surface area contributed by atoms with Gasteiger partial charge in [-0.2, -0.15) is 0 Å². The van der Waals surface area contributed by atoms with Crippen molar-refractivity contribution in [2.45, 2.75) is 83.7 Å². The van der Waals surface area contributed by atoms with E-state index in [0.717, 1.165) is 12.6 Å². The zero-order chi connectivity index (χ0) is 12.7. The molecule has 1 heterocycles. The molecular formula is C15H32N2. The van der Waals surface area contributed by atoms with E-state index in [1.54, 1.807) is 0 Å². The third-order valence-electron chi connectivity index (χ3n) is 4.51. The van der Waals surface area contributed by atoms with Gasteiger partial charge in [-0.3, -0.25) is 4.90 Å². The Morgan fingerprint density at radius 3 is 2.59 bits per heavy atom. The lowest BCUT2D eigenvalue weighted by Crippen LogP contribution is -2.56. The van der Waals surface area contributed by atoms with Gasteiger partial charge in [0.15, 0.2) is 0 Å². The smallest absolute Gasteiger partial charge is 0.0306 e. The lowest BCUT2D eigenvalue weighted by Gasteiger charge is -2.47. The molecule has 1 aliphatic heterocycles. The highest BCUT2D eigenvalue weighted by Crippen LogP contribution is 2.29. The van der Waals surface area contributed by atoms with E-state index in [1.165, 1.54) is 57.9 Å². The third-order valence-corrected chi connectivity index (χ3v) is 4.51. The van der Waals surface area contributed by atoms with Crippen molar-refractivity contribution in [2.24, 2.45) is 5.73 Å². The van der Waals surface area contributed by atoms with Crippen LogP contribution in [-0.2, 0) is 0 Å². The van der Waals surface area contributed by atoms with E-state index >= 15 is 0 Å². The number of piperidine rings is 1. The van der Waals surface area contributed by atoms with E-state index in [-0.39, 0.29) is 5.54 Å². The fourth-order valence-corrected chi connectivity index (χ4v) is 3.20. The summed E-state index contributed by atoms with van der Waals surface area (Å²) in [6, 6.07) is 0.725. The third kappa shape index (κ3) is 4.26. The fourth-order valence-electron chi connectivity index (χ4n) is 3.20. The first-order chi connectivity index (χ1) is 8.14. The molecule has 0 aromatic rings. The van der Waals surface area contributed by atoms with Crippen LogP contribution in [0.4, 0.5) is 0 Å². The molecule has 17 heavy (non-hydrogen) atoms. The molecule has 2 heteroatoms. The molecule has 2 atom stereocenters. The van der Waals surface area contributed by atoms with Gasteiger partial charge in [0.1, 0.15) is 0 Å². The van der Waals surface area contributed by atoms with Crippen LogP contribution in [0.1, 0.15) is 72.1 Å². The molecule has 2 unspecified atom stereocenters. The molecule has 0 aromatic heterocycles. The molecule has 0 bridgehead atoms. The lowest BCUT2D eigenvalue weighted by atomic mass is 9.87. The second kappa shape index (κ2) is 7.38. The second-order valence-electron chi connectivity index (χ2n) is 6.05. The molecule has 1 aliphatic rings. The number of rotatable bonds is 7. The van der Waals surface area contributed by atoms with Gasteiger partial charge in [-0.15, -0.1) is 0 Å². The highest BCUT2D eigenvalue weighted by molar-refractivity contribution is 4.91. The van der Waals surface area contributed by atoms with Gasteiger partial charge in [0, 0.05) is 18.1 Å². The van der Waals surface area contributed by atoms with Crippen molar-refractivity contribution >= 4 is 0 Å². The number of hydrogen-bond donors (Lipinski definition) is 1. The zero-order valence-corrected chi connectivity index (χ0v) is 12.2. The largest absolute Gasteiger partial charge is 0.329 e. The molecule has 0 amide bonds. The molecule has 1 saturated heterocycles. The Hall–Kier alpha value is -0.0800. The monoisotopic (exact) mass is 240 g/mol. The van der Waals surface area contributed by atoms with E-state index in [9.17, 15) is 0 Å². The summed E-state index contributed by atoms with van der Waals surface area (Å²) in [5.74, 6) is 0. The van der Waals surface area contributed by atoms with Crippen molar-refractivity contribution in [3.05, 3.63) is 0 Å². The highest BCUT2D eigenvalue weighted by Gasteiger charge is 2.34. The van der Waals surface area contributed by atoms with Crippen LogP contribution in [0.25, 0.3) is 0 Å². The maximum absolute atomic E-state index is 6.07. The second-order valence-corrected chi connectivity index (χ2v) is 6.05. The summed E-state index contributed by atoms with van der Waals surface area (Å²) < 4.78 is 0. The Bertz CT molecular complexity index is 205. The van der Waals surface area contributed by atoms with Crippen LogP contribution in [0.15, 0.2) is 0 Å². The van der Waals surface area contributed by atoms with Crippen LogP contribution in [0.3, 0.4) is 0 Å². The molecule has 2 N–H and O–H groups in total. The first-order valence-electron chi connectivity index (χ1n) is 7.61. The van der Waals surface area contributed by atoms with E-state index in [1.807, 2.05) is 0 Å². The van der Waals surface area contributed by atoms with Gasteiger partial charge >= 0.3 is 0 Å². The first-order valence-corrected chi connectivity index (χ1v) is 7.61. The quantitative estimate of drug-likeness (QED) is 0.690. The van der Waals surface area contributed by atoms with Gasteiger partial charge in [0.2, 0.25) is 0 Å². The minimum Gasteiger partial charge on any atom is -0.329 e. The van der Waals surface area contributed by atoms with Crippen molar-refractivity contribution in [2.75, 3.05) is 13.1 Å². The number of hydrogen-bond acceptors (Lipinski definition) is 2. The van der Waals surface area contributed by atoms with Crippen LogP contribution in [-0.4, -0.2) is 29.6 Å². The predicted molar refractivity (Wildman–Crippen MR) is 76.2 cm³/mol. The summed E-state index contributed by atoms with van der Waals surface area (Å²) in [6.45, 7) is 9.08. The van der Waals surface area contributed by atoms with Gasteiger partial charge < -0.3 is 5.73 Å². The van der Waals surface area contributed by atoms with Crippen molar-refractivity contribution < 1.29 is 0 Å². The predicted octanol–water partition coefficient (Wildman–Crippen LogP) is 3.55. The Kier molecular flexibility index (Phi) is 6.50. The maximum Gasteiger partial charge on any atom is 0.0306 e. The van der Waals surface area contributed by atoms with Crippen molar-refractivity contribution in [1.82, 2.24) is 4.90 Å². The molecule has 0 aliphatic carbocycles. The summed E-state index contributed by atoms with van der Waals surface area (Å²) in [5.41, 5.74) is 6.32. The fraction of sp³-hybridized carbons (Fsp3) is 1.00. The summed E-state index contributed by atoms with van der Waals surface area (Å²) in [6.07, 6.45) is 10.8. The van der Waals surface area contributed by atoms with Crippen LogP contribution < -0.4 is 5.73 Å². The van der Waals surface area contributed by atoms with Crippen molar-refractivity contribution in [3.8, 4) is 0 Å². The van der Waals surface area contributed by atoms with Crippen molar-refractivity contribution in [3.63, 3.8) is 0 Å². The van der Waals surface area contributed by atoms with Gasteiger partial charge in [0.05, 0.1) is 0 Å². The number of nitrogens with zero attached hydrogens (tertiary/aromatic N) is 1. The lowest BCUT2D eigenvalue weighted by molar-refractivity contribution is 0.0340. The maximum atomic E-state index is 6.07. The molecule has 102 valence electrons. The number of likely N-dealkylation sites (tertiary alicyclic amines) is 1. The van der Waals surface area contributed by atoms with Gasteiger partial charge in [-0.05, 0) is 39.7 Å². The molecule has 0 radical (unpaired) electrons. The minimum absolute atomic E-state index is 0.244. The SMILES string of the molecule is CCCCCCC(C)(CN)N1CCCCC1C. The van der Waals surface area contributed by atoms with E-state index in [2.05, 4.69) is 25.7 Å². The Balaban J connectivity index is 2.47. The standard InChI is InChI=1S/C15H32N2/c1-4-5-6-8-11-15(3,13-16)17-12-9-7-10-14(17)2/h14H,4-13,16H2,1-3H3. The summed E-state index contributed by atoms with van der Waals surface area (Å²) >= 11 is 0. The molecule has 2 nitrogen and oxygen atoms in total. The molecule has 0 spiro atoms. The zero-order valence-electron chi connectivity index (χ0n) is 12.2. The highest BCUT2D eigenvalue weighted by atomic mass is 15.2. The molecular weight excluding hydrogens is 208 g/mol. The topological polar surface area (TPSA) is 29.3 Å². The van der Waals surface area contributed by atoms with Crippen LogP contribution in [0, 0.1) is 0 Å². The number of nitrogens with two attached hydrogens (primary N) is 1. The van der Waals surface area contributed by atoms with Crippen LogP contribution in [0.2, 0.25) is 0 Å². The first kappa shape index (κ1) is 15.0. The molecule has 1 fully saturated rings. The van der Waals surface area contributed by atoms with Gasteiger partial charge in [0.25, 0.3) is 0 Å². The Labute approximate surface area is 108 Å².